The van der Waals surface area contributed by atoms with E-state index in [0.717, 1.165) is 5.75 Å². The summed E-state index contributed by atoms with van der Waals surface area (Å²) < 4.78 is 16.1. The summed E-state index contributed by atoms with van der Waals surface area (Å²) >= 11 is 0. The molecule has 0 bridgehead atoms. The molecule has 2 aromatic carbocycles. The lowest BCUT2D eigenvalue weighted by molar-refractivity contribution is -0.119. The van der Waals surface area contributed by atoms with Crippen LogP contribution in [-0.2, 0) is 9.59 Å². The molecule has 2 N–H and O–H groups in total. The molecule has 25 heavy (non-hydrogen) atoms. The van der Waals surface area contributed by atoms with Crippen LogP contribution in [0.4, 0.5) is 11.4 Å². The van der Waals surface area contributed by atoms with Crippen molar-refractivity contribution in [1.29, 1.82) is 0 Å². The van der Waals surface area contributed by atoms with E-state index in [1.54, 1.807) is 42.5 Å². The molecule has 0 unspecified atom stereocenters. The lowest BCUT2D eigenvalue weighted by Crippen LogP contribution is -2.25. The summed E-state index contributed by atoms with van der Waals surface area (Å²) in [6, 6.07) is 12.1. The third-order valence-corrected chi connectivity index (χ3v) is 3.40. The van der Waals surface area contributed by atoms with Gasteiger partial charge in [0.25, 0.3) is 11.8 Å². The van der Waals surface area contributed by atoms with Gasteiger partial charge >= 0.3 is 0 Å². The highest BCUT2D eigenvalue weighted by Gasteiger charge is 2.16. The molecule has 1 aliphatic heterocycles. The average molecular weight is 342 g/mol. The van der Waals surface area contributed by atoms with Gasteiger partial charge in [0.15, 0.2) is 13.2 Å². The zero-order valence-corrected chi connectivity index (χ0v) is 13.7. The molecule has 0 radical (unpaired) electrons. The Balaban J connectivity index is 1.53. The number of fused-ring (bicyclic) bond motifs is 1. The van der Waals surface area contributed by atoms with Gasteiger partial charge in [-0.3, -0.25) is 9.59 Å². The van der Waals surface area contributed by atoms with E-state index >= 15 is 0 Å². The standard InChI is InChI=1S/C18H18N2O5/c1-2-23-13-5-3-12(4-6-13)19-17(21)10-24-14-7-8-16-15(9-14)20-18(22)11-25-16/h3-9H,2,10-11H2,1H3,(H,19,21)(H,20,22). The van der Waals surface area contributed by atoms with Crippen LogP contribution in [0.5, 0.6) is 17.2 Å². The fourth-order valence-electron chi connectivity index (χ4n) is 2.30. The molecule has 2 amide bonds. The first kappa shape index (κ1) is 16.6. The molecule has 0 spiro atoms. The van der Waals surface area contributed by atoms with Crippen LogP contribution in [0, 0.1) is 0 Å². The van der Waals surface area contributed by atoms with Crippen molar-refractivity contribution in [3.63, 3.8) is 0 Å². The zero-order valence-electron chi connectivity index (χ0n) is 13.7. The van der Waals surface area contributed by atoms with Crippen LogP contribution in [0.25, 0.3) is 0 Å². The van der Waals surface area contributed by atoms with E-state index in [1.807, 2.05) is 6.92 Å². The molecule has 0 saturated carbocycles. The molecule has 0 saturated heterocycles. The highest BCUT2D eigenvalue weighted by molar-refractivity contribution is 5.95. The van der Waals surface area contributed by atoms with Crippen molar-refractivity contribution in [2.45, 2.75) is 6.92 Å². The third kappa shape index (κ3) is 4.41. The van der Waals surface area contributed by atoms with Crippen molar-refractivity contribution in [3.8, 4) is 17.2 Å². The largest absolute Gasteiger partial charge is 0.494 e. The quantitative estimate of drug-likeness (QED) is 0.842. The van der Waals surface area contributed by atoms with E-state index in [1.165, 1.54) is 0 Å². The minimum absolute atomic E-state index is 0.00229. The summed E-state index contributed by atoms with van der Waals surface area (Å²) in [5, 5.41) is 5.42. The number of hydrogen-bond donors (Lipinski definition) is 2. The fraction of sp³-hybridized carbons (Fsp3) is 0.222. The molecule has 3 rings (SSSR count). The minimum Gasteiger partial charge on any atom is -0.494 e. The highest BCUT2D eigenvalue weighted by Crippen LogP contribution is 2.31. The topological polar surface area (TPSA) is 85.9 Å². The normalized spacial score (nSPS) is 12.4. The number of hydrogen-bond acceptors (Lipinski definition) is 5. The van der Waals surface area contributed by atoms with Gasteiger partial charge in [-0.2, -0.15) is 0 Å². The van der Waals surface area contributed by atoms with Gasteiger partial charge in [0.1, 0.15) is 17.2 Å². The van der Waals surface area contributed by atoms with Gasteiger partial charge in [-0.25, -0.2) is 0 Å². The van der Waals surface area contributed by atoms with Gasteiger partial charge in [0, 0.05) is 11.8 Å². The first-order valence-electron chi connectivity index (χ1n) is 7.86. The summed E-state index contributed by atoms with van der Waals surface area (Å²) in [4.78, 5) is 23.3. The monoisotopic (exact) mass is 342 g/mol. The van der Waals surface area contributed by atoms with E-state index in [2.05, 4.69) is 10.6 Å². The third-order valence-electron chi connectivity index (χ3n) is 3.40. The Morgan fingerprint density at radius 3 is 2.68 bits per heavy atom. The maximum absolute atomic E-state index is 12.0. The second-order valence-corrected chi connectivity index (χ2v) is 5.29. The second kappa shape index (κ2) is 7.57. The molecule has 2 aromatic rings. The van der Waals surface area contributed by atoms with Crippen LogP contribution < -0.4 is 24.8 Å². The van der Waals surface area contributed by atoms with Crippen molar-refractivity contribution < 1.29 is 23.8 Å². The average Bonchev–Trinajstić information content (AvgIpc) is 2.61. The van der Waals surface area contributed by atoms with Crippen LogP contribution in [-0.4, -0.2) is 31.6 Å². The highest BCUT2D eigenvalue weighted by atomic mass is 16.5. The first-order valence-corrected chi connectivity index (χ1v) is 7.86. The van der Waals surface area contributed by atoms with Crippen molar-refractivity contribution in [2.75, 3.05) is 30.5 Å². The van der Waals surface area contributed by atoms with Gasteiger partial charge in [-0.1, -0.05) is 0 Å². The predicted octanol–water partition coefficient (Wildman–Crippen LogP) is 2.43. The Hall–Kier alpha value is -3.22. The summed E-state index contributed by atoms with van der Waals surface area (Å²) in [7, 11) is 0. The SMILES string of the molecule is CCOc1ccc(NC(=O)COc2ccc3c(c2)NC(=O)CO3)cc1. The van der Waals surface area contributed by atoms with E-state index in [-0.39, 0.29) is 25.0 Å². The summed E-state index contributed by atoms with van der Waals surface area (Å²) in [5.41, 5.74) is 1.18. The molecule has 7 nitrogen and oxygen atoms in total. The maximum atomic E-state index is 12.0. The zero-order chi connectivity index (χ0) is 17.6. The van der Waals surface area contributed by atoms with Crippen molar-refractivity contribution in [2.24, 2.45) is 0 Å². The fourth-order valence-corrected chi connectivity index (χ4v) is 2.30. The lowest BCUT2D eigenvalue weighted by atomic mass is 10.2. The molecule has 0 atom stereocenters. The van der Waals surface area contributed by atoms with Crippen molar-refractivity contribution in [3.05, 3.63) is 42.5 Å². The number of rotatable bonds is 6. The summed E-state index contributed by atoms with van der Waals surface area (Å²) in [6.45, 7) is 2.34. The molecule has 0 aliphatic carbocycles. The van der Waals surface area contributed by atoms with Crippen LogP contribution in [0.15, 0.2) is 42.5 Å². The summed E-state index contributed by atoms with van der Waals surface area (Å²) in [5.74, 6) is 1.27. The van der Waals surface area contributed by atoms with Gasteiger partial charge in [-0.15, -0.1) is 0 Å². The number of carbonyl (C=O) groups excluding carboxylic acids is 2. The predicted molar refractivity (Wildman–Crippen MR) is 92.3 cm³/mol. The Bertz CT molecular complexity index is 774. The Kier molecular flexibility index (Phi) is 5.03. The number of carbonyl (C=O) groups is 2. The Morgan fingerprint density at radius 1 is 1.16 bits per heavy atom. The van der Waals surface area contributed by atoms with Gasteiger partial charge in [0.05, 0.1) is 12.3 Å². The lowest BCUT2D eigenvalue weighted by Gasteiger charge is -2.18. The van der Waals surface area contributed by atoms with E-state index < -0.39 is 0 Å². The Labute approximate surface area is 144 Å². The van der Waals surface area contributed by atoms with E-state index in [0.29, 0.717) is 29.5 Å². The molecule has 1 heterocycles. The minimum atomic E-state index is -0.290. The van der Waals surface area contributed by atoms with E-state index in [9.17, 15) is 9.59 Å². The number of amides is 2. The molecule has 0 fully saturated rings. The molecule has 0 aromatic heterocycles. The van der Waals surface area contributed by atoms with Crippen LogP contribution in [0.2, 0.25) is 0 Å². The number of ether oxygens (including phenoxy) is 3. The molecule has 1 aliphatic rings. The number of benzene rings is 2. The van der Waals surface area contributed by atoms with Gasteiger partial charge < -0.3 is 24.8 Å². The number of nitrogens with one attached hydrogen (secondary N) is 2. The smallest absolute Gasteiger partial charge is 0.262 e. The van der Waals surface area contributed by atoms with Crippen molar-refractivity contribution in [1.82, 2.24) is 0 Å². The van der Waals surface area contributed by atoms with E-state index in [4.69, 9.17) is 14.2 Å². The molecular weight excluding hydrogens is 324 g/mol. The summed E-state index contributed by atoms with van der Waals surface area (Å²) in [6.07, 6.45) is 0. The molecule has 130 valence electrons. The first-order chi connectivity index (χ1) is 12.1. The Morgan fingerprint density at radius 2 is 1.92 bits per heavy atom. The van der Waals surface area contributed by atoms with Crippen LogP contribution >= 0.6 is 0 Å². The van der Waals surface area contributed by atoms with Crippen LogP contribution in [0.1, 0.15) is 6.92 Å². The molecular formula is C18H18N2O5. The van der Waals surface area contributed by atoms with Gasteiger partial charge in [0.2, 0.25) is 0 Å². The van der Waals surface area contributed by atoms with Gasteiger partial charge in [-0.05, 0) is 43.3 Å². The number of anilines is 2. The second-order valence-electron chi connectivity index (χ2n) is 5.29. The maximum Gasteiger partial charge on any atom is 0.262 e. The van der Waals surface area contributed by atoms with Crippen molar-refractivity contribution >= 4 is 23.2 Å². The van der Waals surface area contributed by atoms with Crippen LogP contribution in [0.3, 0.4) is 0 Å². The molecule has 7 heteroatoms.